The lowest BCUT2D eigenvalue weighted by Gasteiger charge is -2.07. The number of ether oxygens (including phenoxy) is 1. The molecule has 0 fully saturated rings. The van der Waals surface area contributed by atoms with Crippen LogP contribution in [0.25, 0.3) is 6.08 Å². The van der Waals surface area contributed by atoms with Crippen LogP contribution in [0.15, 0.2) is 52.3 Å². The van der Waals surface area contributed by atoms with E-state index in [0.29, 0.717) is 11.3 Å². The van der Waals surface area contributed by atoms with Gasteiger partial charge in [-0.3, -0.25) is 0 Å². The molecule has 2 N–H and O–H groups in total. The maximum Gasteiger partial charge on any atom is 0.206 e. The summed E-state index contributed by atoms with van der Waals surface area (Å²) in [6, 6.07) is 10.6. The van der Waals surface area contributed by atoms with E-state index in [0.717, 1.165) is 5.56 Å². The zero-order valence-corrected chi connectivity index (χ0v) is 12.4. The van der Waals surface area contributed by atoms with Gasteiger partial charge < -0.3 is 10.5 Å². The lowest BCUT2D eigenvalue weighted by molar-refractivity contribution is 0.358. The molecule has 0 unspecified atom stereocenters. The second-order valence-electron chi connectivity index (χ2n) is 4.93. The van der Waals surface area contributed by atoms with Crippen LogP contribution in [0.3, 0.4) is 0 Å². The Morgan fingerprint density at radius 1 is 1.09 bits per heavy atom. The number of hydrogen-bond acceptors (Lipinski definition) is 4. The largest absolute Gasteiger partial charge is 0.488 e. The fraction of sp³-hybridized carbons (Fsp3) is 0.125. The van der Waals surface area contributed by atoms with Crippen LogP contribution in [0.2, 0.25) is 0 Å². The maximum absolute atomic E-state index is 12.8. The first-order valence-corrected chi connectivity index (χ1v) is 8.16. The highest BCUT2D eigenvalue weighted by atomic mass is 32.2. The number of rotatable bonds is 4. The predicted octanol–water partition coefficient (Wildman–Crippen LogP) is 2.49. The van der Waals surface area contributed by atoms with Crippen LogP contribution in [0.4, 0.5) is 4.39 Å². The van der Waals surface area contributed by atoms with Crippen molar-refractivity contribution in [2.24, 2.45) is 5.73 Å². The van der Waals surface area contributed by atoms with Gasteiger partial charge in [0.2, 0.25) is 9.84 Å². The van der Waals surface area contributed by atoms with E-state index in [1.165, 1.54) is 24.3 Å². The van der Waals surface area contributed by atoms with Gasteiger partial charge >= 0.3 is 0 Å². The summed E-state index contributed by atoms with van der Waals surface area (Å²) in [4.78, 5) is 0.439. The van der Waals surface area contributed by atoms with E-state index in [-0.39, 0.29) is 28.8 Å². The Bertz CT molecular complexity index is 842. The Kier molecular flexibility index (Phi) is 3.72. The fourth-order valence-electron chi connectivity index (χ4n) is 2.25. The second kappa shape index (κ2) is 5.55. The molecular formula is C16H14FNO3S. The standard InChI is InChI=1S/C16H14FNO3S/c17-13-3-5-14(6-4-13)21-10-15-8-12-2-1-11(9-18)7-16(12)22(15,19)20/h1-8H,9-10,18H2. The lowest BCUT2D eigenvalue weighted by Crippen LogP contribution is -2.09. The van der Waals surface area contributed by atoms with Gasteiger partial charge in [-0.05, 0) is 47.5 Å². The van der Waals surface area contributed by atoms with Gasteiger partial charge in [-0.2, -0.15) is 0 Å². The summed E-state index contributed by atoms with van der Waals surface area (Å²) in [7, 11) is -3.55. The minimum atomic E-state index is -3.55. The van der Waals surface area contributed by atoms with Gasteiger partial charge in [0.25, 0.3) is 0 Å². The molecule has 114 valence electrons. The molecule has 22 heavy (non-hydrogen) atoms. The maximum atomic E-state index is 12.8. The first kappa shape index (κ1) is 14.7. The first-order chi connectivity index (χ1) is 10.5. The van der Waals surface area contributed by atoms with Crippen LogP contribution in [-0.2, 0) is 16.4 Å². The molecule has 0 aromatic heterocycles. The molecular weight excluding hydrogens is 305 g/mol. The van der Waals surface area contributed by atoms with Crippen molar-refractivity contribution in [1.29, 1.82) is 0 Å². The molecule has 2 aromatic rings. The number of benzene rings is 2. The van der Waals surface area contributed by atoms with E-state index in [9.17, 15) is 12.8 Å². The number of halogens is 1. The van der Waals surface area contributed by atoms with Crippen LogP contribution in [0, 0.1) is 5.82 Å². The van der Waals surface area contributed by atoms with E-state index in [2.05, 4.69) is 0 Å². The molecule has 0 atom stereocenters. The van der Waals surface area contributed by atoms with Gasteiger partial charge in [0.05, 0.1) is 9.80 Å². The number of sulfone groups is 1. The molecule has 1 aliphatic rings. The Balaban J connectivity index is 1.83. The third kappa shape index (κ3) is 2.63. The molecule has 4 nitrogen and oxygen atoms in total. The van der Waals surface area contributed by atoms with Crippen LogP contribution >= 0.6 is 0 Å². The molecule has 0 bridgehead atoms. The van der Waals surface area contributed by atoms with Crippen molar-refractivity contribution in [3.05, 3.63) is 64.3 Å². The summed E-state index contributed by atoms with van der Waals surface area (Å²) in [6.07, 6.45) is 1.59. The molecule has 1 aliphatic heterocycles. The van der Waals surface area contributed by atoms with Crippen LogP contribution in [0.5, 0.6) is 5.75 Å². The van der Waals surface area contributed by atoms with Crippen molar-refractivity contribution in [1.82, 2.24) is 0 Å². The van der Waals surface area contributed by atoms with E-state index in [4.69, 9.17) is 10.5 Å². The van der Waals surface area contributed by atoms with Gasteiger partial charge in [0.1, 0.15) is 18.2 Å². The minimum absolute atomic E-state index is 0.0966. The highest BCUT2D eigenvalue weighted by Crippen LogP contribution is 2.33. The van der Waals surface area contributed by atoms with Crippen molar-refractivity contribution in [2.75, 3.05) is 6.61 Å². The zero-order chi connectivity index (χ0) is 15.7. The van der Waals surface area contributed by atoms with Gasteiger partial charge in [-0.15, -0.1) is 0 Å². The Morgan fingerprint density at radius 3 is 2.50 bits per heavy atom. The zero-order valence-electron chi connectivity index (χ0n) is 11.6. The van der Waals surface area contributed by atoms with Crippen molar-refractivity contribution in [3.63, 3.8) is 0 Å². The quantitative estimate of drug-likeness (QED) is 0.940. The molecule has 0 spiro atoms. The lowest BCUT2D eigenvalue weighted by atomic mass is 10.1. The molecule has 3 rings (SSSR count). The summed E-state index contributed by atoms with van der Waals surface area (Å²) in [5, 5.41) is 0. The highest BCUT2D eigenvalue weighted by molar-refractivity contribution is 7.95. The topological polar surface area (TPSA) is 69.4 Å². The highest BCUT2D eigenvalue weighted by Gasteiger charge is 2.30. The third-order valence-corrected chi connectivity index (χ3v) is 5.32. The SMILES string of the molecule is NCc1ccc2c(c1)S(=O)(=O)C(COc1ccc(F)cc1)=C2. The van der Waals surface area contributed by atoms with Crippen molar-refractivity contribution in [2.45, 2.75) is 11.4 Å². The molecule has 2 aromatic carbocycles. The van der Waals surface area contributed by atoms with Gasteiger partial charge in [-0.1, -0.05) is 12.1 Å². The van der Waals surface area contributed by atoms with E-state index < -0.39 is 9.84 Å². The summed E-state index contributed by atoms with van der Waals surface area (Å²) in [5.41, 5.74) is 6.94. The minimum Gasteiger partial charge on any atom is -0.488 e. The molecule has 0 saturated carbocycles. The molecule has 1 heterocycles. The van der Waals surface area contributed by atoms with Crippen LogP contribution in [-0.4, -0.2) is 15.0 Å². The number of hydrogen-bond donors (Lipinski definition) is 1. The van der Waals surface area contributed by atoms with Crippen molar-refractivity contribution < 1.29 is 17.5 Å². The Hall–Kier alpha value is -2.18. The summed E-state index contributed by atoms with van der Waals surface area (Å²) < 4.78 is 43.2. The summed E-state index contributed by atoms with van der Waals surface area (Å²) in [5.74, 6) is 0.0397. The number of fused-ring (bicyclic) bond motifs is 1. The van der Waals surface area contributed by atoms with Crippen LogP contribution in [0.1, 0.15) is 11.1 Å². The van der Waals surface area contributed by atoms with Crippen molar-refractivity contribution in [3.8, 4) is 5.75 Å². The van der Waals surface area contributed by atoms with Gasteiger partial charge in [0.15, 0.2) is 0 Å². The molecule has 6 heteroatoms. The second-order valence-corrected chi connectivity index (χ2v) is 6.90. The molecule has 0 aliphatic carbocycles. The van der Waals surface area contributed by atoms with E-state index >= 15 is 0 Å². The first-order valence-electron chi connectivity index (χ1n) is 6.68. The smallest absolute Gasteiger partial charge is 0.206 e. The Labute approximate surface area is 127 Å². The van der Waals surface area contributed by atoms with Gasteiger partial charge in [0, 0.05) is 6.54 Å². The Morgan fingerprint density at radius 2 is 1.82 bits per heavy atom. The monoisotopic (exact) mass is 319 g/mol. The average Bonchev–Trinajstić information content (AvgIpc) is 2.77. The van der Waals surface area contributed by atoms with Crippen molar-refractivity contribution >= 4 is 15.9 Å². The van der Waals surface area contributed by atoms with Crippen LogP contribution < -0.4 is 10.5 Å². The molecule has 0 saturated heterocycles. The molecule has 0 radical (unpaired) electrons. The summed E-state index contributed by atoms with van der Waals surface area (Å²) >= 11 is 0. The van der Waals surface area contributed by atoms with Gasteiger partial charge in [-0.25, -0.2) is 12.8 Å². The fourth-order valence-corrected chi connectivity index (χ4v) is 3.78. The third-order valence-electron chi connectivity index (χ3n) is 3.46. The number of nitrogens with two attached hydrogens (primary N) is 1. The predicted molar refractivity (Wildman–Crippen MR) is 81.4 cm³/mol. The van der Waals surface area contributed by atoms with E-state index in [1.807, 2.05) is 0 Å². The average molecular weight is 319 g/mol. The summed E-state index contributed by atoms with van der Waals surface area (Å²) in [6.45, 7) is 0.185. The van der Waals surface area contributed by atoms with E-state index in [1.54, 1.807) is 24.3 Å². The molecule has 0 amide bonds. The normalized spacial score (nSPS) is 15.3.